The van der Waals surface area contributed by atoms with E-state index in [1.807, 2.05) is 18.2 Å². The van der Waals surface area contributed by atoms with Crippen LogP contribution in [0.5, 0.6) is 5.75 Å². The SMILES string of the molecule is C=C[C](Cc1ccc(OC)cc1)C(c1ccccc1)c1ccccc1. The fourth-order valence-electron chi connectivity index (χ4n) is 3.18. The van der Waals surface area contributed by atoms with Crippen LogP contribution in [0.25, 0.3) is 0 Å². The fraction of sp³-hybridized carbons (Fsp3) is 0.125. The van der Waals surface area contributed by atoms with Crippen molar-refractivity contribution in [1.82, 2.24) is 0 Å². The molecule has 1 heteroatoms. The lowest BCUT2D eigenvalue weighted by Gasteiger charge is -2.25. The van der Waals surface area contributed by atoms with Crippen LogP contribution in [-0.2, 0) is 6.42 Å². The minimum Gasteiger partial charge on any atom is -0.497 e. The molecule has 0 atom stereocenters. The van der Waals surface area contributed by atoms with Crippen LogP contribution in [0.15, 0.2) is 97.6 Å². The van der Waals surface area contributed by atoms with Crippen LogP contribution < -0.4 is 4.74 Å². The van der Waals surface area contributed by atoms with Crippen LogP contribution >= 0.6 is 0 Å². The van der Waals surface area contributed by atoms with Crippen molar-refractivity contribution in [3.63, 3.8) is 0 Å². The summed E-state index contributed by atoms with van der Waals surface area (Å²) >= 11 is 0. The molecular formula is C24H23O. The molecule has 0 aliphatic carbocycles. The van der Waals surface area contributed by atoms with Crippen molar-refractivity contribution in [2.24, 2.45) is 0 Å². The lowest BCUT2D eigenvalue weighted by Crippen LogP contribution is -2.13. The topological polar surface area (TPSA) is 9.23 Å². The first kappa shape index (κ1) is 17.0. The molecule has 0 spiro atoms. The van der Waals surface area contributed by atoms with Crippen molar-refractivity contribution in [2.75, 3.05) is 7.11 Å². The molecule has 1 nitrogen and oxygen atoms in total. The maximum absolute atomic E-state index is 5.26. The van der Waals surface area contributed by atoms with E-state index in [4.69, 9.17) is 4.74 Å². The van der Waals surface area contributed by atoms with Crippen LogP contribution in [-0.4, -0.2) is 7.11 Å². The van der Waals surface area contributed by atoms with E-state index in [0.29, 0.717) is 0 Å². The van der Waals surface area contributed by atoms with Gasteiger partial charge in [-0.15, -0.1) is 6.58 Å². The lowest BCUT2D eigenvalue weighted by atomic mass is 9.78. The molecule has 0 amide bonds. The second kappa shape index (κ2) is 8.34. The van der Waals surface area contributed by atoms with Crippen molar-refractivity contribution in [3.05, 3.63) is 120 Å². The second-order valence-electron chi connectivity index (χ2n) is 6.06. The van der Waals surface area contributed by atoms with Gasteiger partial charge in [0, 0.05) is 11.8 Å². The maximum Gasteiger partial charge on any atom is 0.118 e. The first-order valence-electron chi connectivity index (χ1n) is 8.53. The minimum absolute atomic E-state index is 0.210. The zero-order valence-corrected chi connectivity index (χ0v) is 14.6. The van der Waals surface area contributed by atoms with Gasteiger partial charge >= 0.3 is 0 Å². The predicted molar refractivity (Wildman–Crippen MR) is 105 cm³/mol. The Morgan fingerprint density at radius 3 is 1.80 bits per heavy atom. The molecule has 0 fully saturated rings. The molecule has 0 N–H and O–H groups in total. The number of hydrogen-bond acceptors (Lipinski definition) is 1. The van der Waals surface area contributed by atoms with Crippen LogP contribution in [0.1, 0.15) is 22.6 Å². The van der Waals surface area contributed by atoms with Crippen LogP contribution in [0.3, 0.4) is 0 Å². The largest absolute Gasteiger partial charge is 0.497 e. The number of hydrogen-bond donors (Lipinski definition) is 0. The van der Waals surface area contributed by atoms with E-state index in [1.165, 1.54) is 22.6 Å². The van der Waals surface area contributed by atoms with Gasteiger partial charge in [0.1, 0.15) is 5.75 Å². The molecule has 25 heavy (non-hydrogen) atoms. The highest BCUT2D eigenvalue weighted by molar-refractivity contribution is 5.43. The highest BCUT2D eigenvalue weighted by Crippen LogP contribution is 2.36. The molecule has 0 aliphatic heterocycles. The predicted octanol–water partition coefficient (Wildman–Crippen LogP) is 5.83. The number of benzene rings is 3. The van der Waals surface area contributed by atoms with E-state index in [1.54, 1.807) is 7.11 Å². The average Bonchev–Trinajstić information content (AvgIpc) is 2.69. The third kappa shape index (κ3) is 4.19. The van der Waals surface area contributed by atoms with E-state index < -0.39 is 0 Å². The summed E-state index contributed by atoms with van der Waals surface area (Å²) in [4.78, 5) is 0. The summed E-state index contributed by atoms with van der Waals surface area (Å²) < 4.78 is 5.26. The number of allylic oxidation sites excluding steroid dienone is 1. The van der Waals surface area contributed by atoms with Gasteiger partial charge in [-0.05, 0) is 35.2 Å². The smallest absolute Gasteiger partial charge is 0.118 e. The third-order valence-electron chi connectivity index (χ3n) is 4.47. The third-order valence-corrected chi connectivity index (χ3v) is 4.47. The number of methoxy groups -OCH3 is 1. The Labute approximate surface area is 150 Å². The van der Waals surface area contributed by atoms with Gasteiger partial charge in [-0.25, -0.2) is 0 Å². The van der Waals surface area contributed by atoms with Gasteiger partial charge in [-0.2, -0.15) is 0 Å². The van der Waals surface area contributed by atoms with Crippen molar-refractivity contribution >= 4 is 0 Å². The number of rotatable bonds is 7. The minimum atomic E-state index is 0.210. The molecule has 125 valence electrons. The first-order chi connectivity index (χ1) is 12.3. The highest BCUT2D eigenvalue weighted by atomic mass is 16.5. The van der Waals surface area contributed by atoms with E-state index >= 15 is 0 Å². The maximum atomic E-state index is 5.26. The summed E-state index contributed by atoms with van der Waals surface area (Å²) in [6.45, 7) is 4.10. The van der Waals surface area contributed by atoms with Gasteiger partial charge in [0.15, 0.2) is 0 Å². The van der Waals surface area contributed by atoms with Gasteiger partial charge in [0.2, 0.25) is 0 Å². The summed E-state index contributed by atoms with van der Waals surface area (Å²) in [7, 11) is 1.69. The molecule has 3 aromatic rings. The Kier molecular flexibility index (Phi) is 5.69. The average molecular weight is 327 g/mol. The Bertz CT molecular complexity index is 736. The molecule has 0 unspecified atom stereocenters. The molecule has 0 aliphatic rings. The summed E-state index contributed by atoms with van der Waals surface area (Å²) in [6.07, 6.45) is 2.87. The molecule has 0 saturated heterocycles. The second-order valence-corrected chi connectivity index (χ2v) is 6.06. The molecule has 0 saturated carbocycles. The van der Waals surface area contributed by atoms with Crippen molar-refractivity contribution < 1.29 is 4.74 Å². The molecule has 0 aromatic heterocycles. The van der Waals surface area contributed by atoms with Gasteiger partial charge in [-0.3, -0.25) is 0 Å². The quantitative estimate of drug-likeness (QED) is 0.530. The Balaban J connectivity index is 1.93. The Morgan fingerprint density at radius 2 is 1.36 bits per heavy atom. The lowest BCUT2D eigenvalue weighted by molar-refractivity contribution is 0.414. The zero-order valence-electron chi connectivity index (χ0n) is 14.6. The molecule has 3 aromatic carbocycles. The summed E-state index contributed by atoms with van der Waals surface area (Å²) in [5, 5.41) is 0. The normalized spacial score (nSPS) is 10.8. The van der Waals surface area contributed by atoms with Crippen LogP contribution in [0, 0.1) is 5.92 Å². The highest BCUT2D eigenvalue weighted by Gasteiger charge is 2.23. The zero-order chi connectivity index (χ0) is 17.5. The summed E-state index contributed by atoms with van der Waals surface area (Å²) in [5.41, 5.74) is 3.83. The standard InChI is InChI=1S/C24H23O/c1-3-20(18-19-14-16-23(25-2)17-15-19)24(21-10-6-4-7-11-21)22-12-8-5-9-13-22/h3-17,24H,1,18H2,2H3. The first-order valence-corrected chi connectivity index (χ1v) is 8.53. The van der Waals surface area contributed by atoms with Crippen molar-refractivity contribution in [3.8, 4) is 5.75 Å². The molecule has 3 rings (SSSR count). The summed E-state index contributed by atoms with van der Waals surface area (Å²) in [6, 6.07) is 29.5. The van der Waals surface area contributed by atoms with Crippen molar-refractivity contribution in [1.29, 1.82) is 0 Å². The number of ether oxygens (including phenoxy) is 1. The van der Waals surface area contributed by atoms with E-state index in [-0.39, 0.29) is 5.92 Å². The van der Waals surface area contributed by atoms with E-state index in [0.717, 1.165) is 12.2 Å². The Morgan fingerprint density at radius 1 is 0.840 bits per heavy atom. The molecular weight excluding hydrogens is 304 g/mol. The van der Waals surface area contributed by atoms with Crippen LogP contribution in [0.2, 0.25) is 0 Å². The monoisotopic (exact) mass is 327 g/mol. The van der Waals surface area contributed by atoms with Gasteiger partial charge in [0.25, 0.3) is 0 Å². The molecule has 0 bridgehead atoms. The van der Waals surface area contributed by atoms with Gasteiger partial charge < -0.3 is 4.74 Å². The van der Waals surface area contributed by atoms with E-state index in [2.05, 4.69) is 79.4 Å². The van der Waals surface area contributed by atoms with Gasteiger partial charge in [-0.1, -0.05) is 78.9 Å². The van der Waals surface area contributed by atoms with Crippen molar-refractivity contribution in [2.45, 2.75) is 12.3 Å². The van der Waals surface area contributed by atoms with E-state index in [9.17, 15) is 0 Å². The molecule has 1 radical (unpaired) electrons. The van der Waals surface area contributed by atoms with Gasteiger partial charge in [0.05, 0.1) is 7.11 Å². The fourth-order valence-corrected chi connectivity index (χ4v) is 3.18. The Hall–Kier alpha value is -2.80. The molecule has 0 heterocycles. The van der Waals surface area contributed by atoms with Crippen LogP contribution in [0.4, 0.5) is 0 Å². The summed E-state index contributed by atoms with van der Waals surface area (Å²) in [5.74, 6) is 2.39.